The van der Waals surface area contributed by atoms with Gasteiger partial charge in [-0.15, -0.1) is 0 Å². The van der Waals surface area contributed by atoms with Crippen LogP contribution in [-0.2, 0) is 6.42 Å². The Balaban J connectivity index is 0.987. The number of hydrogen-bond donors (Lipinski definition) is 4. The van der Waals surface area contributed by atoms with Crippen LogP contribution in [0.1, 0.15) is 31.8 Å². The van der Waals surface area contributed by atoms with Crippen LogP contribution in [0.2, 0.25) is 0 Å². The third kappa shape index (κ3) is 7.97. The highest BCUT2D eigenvalue weighted by atomic mass is 16.2. The summed E-state index contributed by atoms with van der Waals surface area (Å²) in [6.07, 6.45) is 7.59. The molecule has 0 spiro atoms. The molecule has 6 rings (SSSR count). The van der Waals surface area contributed by atoms with E-state index >= 15 is 0 Å². The monoisotopic (exact) mass is 590 g/mol. The highest BCUT2D eigenvalue weighted by Gasteiger charge is 2.09. The zero-order chi connectivity index (χ0) is 30.8. The van der Waals surface area contributed by atoms with E-state index in [0.29, 0.717) is 28.9 Å². The smallest absolute Gasteiger partial charge is 0.255 e. The average Bonchev–Trinajstić information content (AvgIpc) is 3.08. The molecule has 0 radical (unpaired) electrons. The molecule has 0 aliphatic carbocycles. The zero-order valence-electron chi connectivity index (χ0n) is 24.3. The summed E-state index contributed by atoms with van der Waals surface area (Å²) in [5, 5.41) is 12.5. The second-order valence-electron chi connectivity index (χ2n) is 10.4. The molecule has 0 fully saturated rings. The molecular formula is C37H30N6O2. The van der Waals surface area contributed by atoms with E-state index in [1.54, 1.807) is 24.8 Å². The van der Waals surface area contributed by atoms with Gasteiger partial charge in [0.25, 0.3) is 11.8 Å². The summed E-state index contributed by atoms with van der Waals surface area (Å²) >= 11 is 0. The average molecular weight is 591 g/mol. The SMILES string of the molecule is O=C(Nc1ccc(Nc2ccncc2)cc1)c1ccc(Cc2ccc(C(=O)Nc3ccc(Nc4ccncc4)cc3)cc2)cc1. The summed E-state index contributed by atoms with van der Waals surface area (Å²) in [6, 6.07) is 37.7. The van der Waals surface area contributed by atoms with Gasteiger partial charge in [-0.1, -0.05) is 24.3 Å². The first-order valence-corrected chi connectivity index (χ1v) is 14.4. The summed E-state index contributed by atoms with van der Waals surface area (Å²) in [7, 11) is 0. The van der Waals surface area contributed by atoms with Crippen molar-refractivity contribution in [3.8, 4) is 0 Å². The number of anilines is 6. The number of benzene rings is 4. The van der Waals surface area contributed by atoms with E-state index in [2.05, 4.69) is 31.2 Å². The highest BCUT2D eigenvalue weighted by Crippen LogP contribution is 2.21. The van der Waals surface area contributed by atoms with Gasteiger partial charge in [0.1, 0.15) is 0 Å². The number of carbonyl (C=O) groups excluding carboxylic acids is 2. The number of nitrogens with zero attached hydrogens (tertiary/aromatic N) is 2. The van der Waals surface area contributed by atoms with Crippen molar-refractivity contribution in [1.29, 1.82) is 0 Å². The second kappa shape index (κ2) is 13.8. The van der Waals surface area contributed by atoms with Crippen molar-refractivity contribution in [2.45, 2.75) is 6.42 Å². The molecule has 2 aromatic heterocycles. The topological polar surface area (TPSA) is 108 Å². The number of hydrogen-bond acceptors (Lipinski definition) is 6. The summed E-state index contributed by atoms with van der Waals surface area (Å²) < 4.78 is 0. The maximum atomic E-state index is 12.8. The van der Waals surface area contributed by atoms with Crippen LogP contribution in [0.15, 0.2) is 146 Å². The minimum atomic E-state index is -0.175. The van der Waals surface area contributed by atoms with E-state index in [1.807, 2.05) is 121 Å². The van der Waals surface area contributed by atoms with E-state index < -0.39 is 0 Å². The van der Waals surface area contributed by atoms with Crippen molar-refractivity contribution in [3.05, 3.63) is 168 Å². The summed E-state index contributed by atoms with van der Waals surface area (Å²) in [6.45, 7) is 0. The van der Waals surface area contributed by atoms with Gasteiger partial charge in [0.2, 0.25) is 0 Å². The summed E-state index contributed by atoms with van der Waals surface area (Å²) in [4.78, 5) is 33.6. The molecule has 45 heavy (non-hydrogen) atoms. The number of aromatic nitrogens is 2. The normalized spacial score (nSPS) is 10.5. The Hall–Kier alpha value is -6.28. The van der Waals surface area contributed by atoms with Crippen LogP contribution in [0.25, 0.3) is 0 Å². The summed E-state index contributed by atoms with van der Waals surface area (Å²) in [5.74, 6) is -0.349. The first-order valence-electron chi connectivity index (χ1n) is 14.4. The number of amides is 2. The van der Waals surface area contributed by atoms with Gasteiger partial charge < -0.3 is 21.3 Å². The molecule has 0 saturated carbocycles. The van der Waals surface area contributed by atoms with Gasteiger partial charge in [-0.05, 0) is 115 Å². The van der Waals surface area contributed by atoms with Gasteiger partial charge >= 0.3 is 0 Å². The Kier molecular flexibility index (Phi) is 8.84. The van der Waals surface area contributed by atoms with E-state index in [9.17, 15) is 9.59 Å². The third-order valence-corrected chi connectivity index (χ3v) is 7.06. The number of nitrogens with one attached hydrogen (secondary N) is 4. The van der Waals surface area contributed by atoms with Crippen LogP contribution < -0.4 is 21.3 Å². The van der Waals surface area contributed by atoms with Gasteiger partial charge in [0.05, 0.1) is 0 Å². The Morgan fingerprint density at radius 2 is 0.711 bits per heavy atom. The highest BCUT2D eigenvalue weighted by molar-refractivity contribution is 6.05. The predicted octanol–water partition coefficient (Wildman–Crippen LogP) is 8.06. The van der Waals surface area contributed by atoms with Gasteiger partial charge in [-0.3, -0.25) is 19.6 Å². The molecular weight excluding hydrogens is 560 g/mol. The van der Waals surface area contributed by atoms with Crippen molar-refractivity contribution >= 4 is 45.9 Å². The Morgan fingerprint density at radius 1 is 0.400 bits per heavy atom. The molecule has 6 aromatic rings. The maximum Gasteiger partial charge on any atom is 0.255 e. The van der Waals surface area contributed by atoms with E-state index in [0.717, 1.165) is 33.9 Å². The lowest BCUT2D eigenvalue weighted by atomic mass is 10.0. The van der Waals surface area contributed by atoms with Crippen LogP contribution in [-0.4, -0.2) is 21.8 Å². The Bertz CT molecular complexity index is 1720. The van der Waals surface area contributed by atoms with E-state index in [1.165, 1.54) is 0 Å². The molecule has 0 aliphatic rings. The summed E-state index contributed by atoms with van der Waals surface area (Å²) in [5.41, 5.74) is 8.42. The molecule has 0 atom stereocenters. The van der Waals surface area contributed by atoms with Crippen LogP contribution in [0.5, 0.6) is 0 Å². The molecule has 2 amide bonds. The van der Waals surface area contributed by atoms with Crippen LogP contribution in [0.3, 0.4) is 0 Å². The quantitative estimate of drug-likeness (QED) is 0.129. The molecule has 0 bridgehead atoms. The molecule has 4 aromatic carbocycles. The fourth-order valence-corrected chi connectivity index (χ4v) is 4.67. The van der Waals surface area contributed by atoms with E-state index in [4.69, 9.17) is 0 Å². The molecule has 2 heterocycles. The Morgan fingerprint density at radius 3 is 1.07 bits per heavy atom. The molecule has 0 saturated heterocycles. The maximum absolute atomic E-state index is 12.8. The van der Waals surface area contributed by atoms with Crippen molar-refractivity contribution in [3.63, 3.8) is 0 Å². The molecule has 220 valence electrons. The van der Waals surface area contributed by atoms with E-state index in [-0.39, 0.29) is 11.8 Å². The number of pyridine rings is 2. The fraction of sp³-hybridized carbons (Fsp3) is 0.0270. The van der Waals surface area contributed by atoms with Gasteiger partial charge in [0.15, 0.2) is 0 Å². The van der Waals surface area contributed by atoms with Crippen molar-refractivity contribution in [2.75, 3.05) is 21.3 Å². The lowest BCUT2D eigenvalue weighted by molar-refractivity contribution is 0.101. The molecule has 4 N–H and O–H groups in total. The minimum absolute atomic E-state index is 0.175. The van der Waals surface area contributed by atoms with Crippen molar-refractivity contribution in [2.24, 2.45) is 0 Å². The van der Waals surface area contributed by atoms with Crippen molar-refractivity contribution in [1.82, 2.24) is 9.97 Å². The Labute approximate surface area is 261 Å². The molecule has 0 unspecified atom stereocenters. The first kappa shape index (κ1) is 28.8. The third-order valence-electron chi connectivity index (χ3n) is 7.06. The second-order valence-corrected chi connectivity index (χ2v) is 10.4. The van der Waals surface area contributed by atoms with Gasteiger partial charge in [-0.25, -0.2) is 0 Å². The minimum Gasteiger partial charge on any atom is -0.355 e. The van der Waals surface area contributed by atoms with Crippen LogP contribution in [0.4, 0.5) is 34.1 Å². The van der Waals surface area contributed by atoms with Gasteiger partial charge in [-0.2, -0.15) is 0 Å². The number of carbonyl (C=O) groups is 2. The number of rotatable bonds is 10. The first-order chi connectivity index (χ1) is 22.1. The molecule has 0 aliphatic heterocycles. The lowest BCUT2D eigenvalue weighted by Crippen LogP contribution is -2.12. The standard InChI is InChI=1S/C37H30N6O2/c44-36(42-32-13-9-30(10-14-32)40-34-17-21-38-22-18-34)28-5-1-26(2-6-28)25-27-3-7-29(8-4-27)37(45)43-33-15-11-31(12-16-33)41-35-19-23-39-24-20-35/h1-24H,25H2,(H,38,40)(H,39,41)(H,42,44)(H,43,45). The fourth-order valence-electron chi connectivity index (χ4n) is 4.67. The zero-order valence-corrected chi connectivity index (χ0v) is 24.3. The molecule has 8 nitrogen and oxygen atoms in total. The van der Waals surface area contributed by atoms with Crippen LogP contribution in [0, 0.1) is 0 Å². The largest absolute Gasteiger partial charge is 0.355 e. The van der Waals surface area contributed by atoms with Gasteiger partial charge in [0, 0.05) is 70.0 Å². The van der Waals surface area contributed by atoms with Crippen LogP contribution >= 0.6 is 0 Å². The molecule has 8 heteroatoms. The lowest BCUT2D eigenvalue weighted by Gasteiger charge is -2.10. The predicted molar refractivity (Wildman–Crippen MR) is 180 cm³/mol. The van der Waals surface area contributed by atoms with Crippen molar-refractivity contribution < 1.29 is 9.59 Å².